The molecule has 1 unspecified atom stereocenters. The van der Waals surface area contributed by atoms with Gasteiger partial charge in [0.1, 0.15) is 5.75 Å². The van der Waals surface area contributed by atoms with Crippen molar-refractivity contribution < 1.29 is 10.2 Å². The molecule has 1 atom stereocenters. The summed E-state index contributed by atoms with van der Waals surface area (Å²) < 4.78 is 0. The third-order valence-electron chi connectivity index (χ3n) is 2.91. The molecule has 0 aliphatic rings. The van der Waals surface area contributed by atoms with Crippen molar-refractivity contribution in [1.29, 1.82) is 0 Å². The number of aliphatic hydroxyl groups is 1. The van der Waals surface area contributed by atoms with E-state index in [1.165, 1.54) is 0 Å². The summed E-state index contributed by atoms with van der Waals surface area (Å²) in [6.07, 6.45) is 4.28. The van der Waals surface area contributed by atoms with E-state index in [2.05, 4.69) is 12.2 Å². The maximum atomic E-state index is 9.38. The molecule has 1 rings (SSSR count). The fourth-order valence-corrected chi connectivity index (χ4v) is 1.82. The van der Waals surface area contributed by atoms with Crippen LogP contribution in [0, 0.1) is 0 Å². The molecule has 17 heavy (non-hydrogen) atoms. The molecule has 0 amide bonds. The average molecular weight is 237 g/mol. The summed E-state index contributed by atoms with van der Waals surface area (Å²) in [7, 11) is 0. The number of nitrogens with one attached hydrogen (secondary N) is 1. The molecule has 0 spiro atoms. The second-order valence-electron chi connectivity index (χ2n) is 4.41. The fraction of sp³-hybridized carbons (Fsp3) is 0.571. The summed E-state index contributed by atoms with van der Waals surface area (Å²) in [5.74, 6) is 0.319. The predicted molar refractivity (Wildman–Crippen MR) is 70.1 cm³/mol. The van der Waals surface area contributed by atoms with E-state index in [0.717, 1.165) is 37.8 Å². The van der Waals surface area contributed by atoms with Crippen molar-refractivity contribution in [2.75, 3.05) is 13.2 Å². The highest BCUT2D eigenvalue weighted by Gasteiger charge is 2.04. The SMILES string of the molecule is CC(NCCCCCCO)c1cccc(O)c1. The van der Waals surface area contributed by atoms with Crippen LogP contribution >= 0.6 is 0 Å². The Morgan fingerprint density at radius 2 is 1.94 bits per heavy atom. The quantitative estimate of drug-likeness (QED) is 0.609. The van der Waals surface area contributed by atoms with Crippen LogP contribution in [0.4, 0.5) is 0 Å². The molecule has 0 heterocycles. The van der Waals surface area contributed by atoms with Crippen molar-refractivity contribution in [2.45, 2.75) is 38.6 Å². The minimum absolute atomic E-state index is 0.264. The Balaban J connectivity index is 2.19. The molecule has 3 nitrogen and oxygen atoms in total. The van der Waals surface area contributed by atoms with Crippen LogP contribution in [0.2, 0.25) is 0 Å². The van der Waals surface area contributed by atoms with Crippen molar-refractivity contribution in [3.05, 3.63) is 29.8 Å². The molecule has 1 aromatic rings. The van der Waals surface area contributed by atoms with Crippen LogP contribution in [0.25, 0.3) is 0 Å². The van der Waals surface area contributed by atoms with Crippen LogP contribution in [-0.2, 0) is 0 Å². The highest BCUT2D eigenvalue weighted by molar-refractivity contribution is 5.28. The summed E-state index contributed by atoms with van der Waals surface area (Å²) >= 11 is 0. The molecule has 0 saturated heterocycles. The fourth-order valence-electron chi connectivity index (χ4n) is 1.82. The number of rotatable bonds is 8. The maximum absolute atomic E-state index is 9.38. The number of phenolic OH excluding ortho intramolecular Hbond substituents is 1. The minimum Gasteiger partial charge on any atom is -0.508 e. The molecule has 3 N–H and O–H groups in total. The summed E-state index contributed by atoms with van der Waals surface area (Å²) in [5.41, 5.74) is 1.11. The first kappa shape index (κ1) is 14.0. The molecule has 0 aliphatic heterocycles. The van der Waals surface area contributed by atoms with Crippen molar-refractivity contribution in [2.24, 2.45) is 0 Å². The number of phenols is 1. The Labute approximate surface area is 103 Å². The van der Waals surface area contributed by atoms with E-state index in [-0.39, 0.29) is 6.04 Å². The largest absolute Gasteiger partial charge is 0.508 e. The highest BCUT2D eigenvalue weighted by atomic mass is 16.3. The van der Waals surface area contributed by atoms with Gasteiger partial charge in [0, 0.05) is 12.6 Å². The molecule has 3 heteroatoms. The van der Waals surface area contributed by atoms with E-state index in [0.29, 0.717) is 12.4 Å². The Kier molecular flexibility index (Phi) is 6.67. The second-order valence-corrected chi connectivity index (χ2v) is 4.41. The summed E-state index contributed by atoms with van der Waals surface area (Å²) in [6, 6.07) is 7.63. The third-order valence-corrected chi connectivity index (χ3v) is 2.91. The van der Waals surface area contributed by atoms with Crippen LogP contribution < -0.4 is 5.32 Å². The first-order chi connectivity index (χ1) is 8.24. The topological polar surface area (TPSA) is 52.5 Å². The molecule has 0 bridgehead atoms. The maximum Gasteiger partial charge on any atom is 0.115 e. The Morgan fingerprint density at radius 3 is 2.65 bits per heavy atom. The molecule has 0 aromatic heterocycles. The molecule has 1 aromatic carbocycles. The van der Waals surface area contributed by atoms with Crippen LogP contribution in [0.15, 0.2) is 24.3 Å². The van der Waals surface area contributed by atoms with Crippen molar-refractivity contribution in [3.63, 3.8) is 0 Å². The number of aliphatic hydroxyl groups excluding tert-OH is 1. The molecule has 0 saturated carbocycles. The number of aromatic hydroxyl groups is 1. The van der Waals surface area contributed by atoms with E-state index in [1.807, 2.05) is 12.1 Å². The third kappa shape index (κ3) is 5.71. The van der Waals surface area contributed by atoms with Gasteiger partial charge in [-0.05, 0) is 44.0 Å². The smallest absolute Gasteiger partial charge is 0.115 e. The predicted octanol–water partition coefficient (Wildman–Crippen LogP) is 2.60. The summed E-state index contributed by atoms with van der Waals surface area (Å²) in [4.78, 5) is 0. The standard InChI is InChI=1S/C14H23NO2/c1-12(13-7-6-8-14(17)11-13)15-9-4-2-3-5-10-16/h6-8,11-12,15-17H,2-5,9-10H2,1H3. The molecule has 96 valence electrons. The van der Waals surface area contributed by atoms with Gasteiger partial charge in [-0.1, -0.05) is 25.0 Å². The van der Waals surface area contributed by atoms with Gasteiger partial charge < -0.3 is 15.5 Å². The van der Waals surface area contributed by atoms with E-state index in [4.69, 9.17) is 5.11 Å². The number of hydrogen-bond acceptors (Lipinski definition) is 3. The van der Waals surface area contributed by atoms with E-state index < -0.39 is 0 Å². The van der Waals surface area contributed by atoms with Gasteiger partial charge in [-0.3, -0.25) is 0 Å². The minimum atomic E-state index is 0.264. The van der Waals surface area contributed by atoms with Crippen LogP contribution in [-0.4, -0.2) is 23.4 Å². The van der Waals surface area contributed by atoms with Gasteiger partial charge in [-0.2, -0.15) is 0 Å². The molecule has 0 radical (unpaired) electrons. The highest BCUT2D eigenvalue weighted by Crippen LogP contribution is 2.17. The van der Waals surface area contributed by atoms with Gasteiger partial charge in [0.2, 0.25) is 0 Å². The first-order valence-corrected chi connectivity index (χ1v) is 6.37. The Bertz CT molecular complexity index is 315. The monoisotopic (exact) mass is 237 g/mol. The Morgan fingerprint density at radius 1 is 1.18 bits per heavy atom. The lowest BCUT2D eigenvalue weighted by atomic mass is 10.1. The zero-order valence-electron chi connectivity index (χ0n) is 10.5. The Hall–Kier alpha value is -1.06. The van der Waals surface area contributed by atoms with Crippen LogP contribution in [0.5, 0.6) is 5.75 Å². The van der Waals surface area contributed by atoms with Gasteiger partial charge in [0.25, 0.3) is 0 Å². The van der Waals surface area contributed by atoms with E-state index in [1.54, 1.807) is 12.1 Å². The normalized spacial score (nSPS) is 12.6. The van der Waals surface area contributed by atoms with Gasteiger partial charge in [-0.25, -0.2) is 0 Å². The van der Waals surface area contributed by atoms with Crippen LogP contribution in [0.1, 0.15) is 44.2 Å². The van der Waals surface area contributed by atoms with Crippen molar-refractivity contribution in [1.82, 2.24) is 5.32 Å². The lowest BCUT2D eigenvalue weighted by molar-refractivity contribution is 0.282. The summed E-state index contributed by atoms with van der Waals surface area (Å²) in [5, 5.41) is 21.5. The van der Waals surface area contributed by atoms with E-state index in [9.17, 15) is 5.11 Å². The molecular formula is C14H23NO2. The van der Waals surface area contributed by atoms with Crippen molar-refractivity contribution >= 4 is 0 Å². The zero-order chi connectivity index (χ0) is 12.5. The lowest BCUT2D eigenvalue weighted by Gasteiger charge is -2.14. The average Bonchev–Trinajstić information content (AvgIpc) is 2.33. The van der Waals surface area contributed by atoms with Gasteiger partial charge in [0.05, 0.1) is 0 Å². The van der Waals surface area contributed by atoms with Crippen LogP contribution in [0.3, 0.4) is 0 Å². The number of hydrogen-bond donors (Lipinski definition) is 3. The molecule has 0 fully saturated rings. The number of unbranched alkanes of at least 4 members (excludes halogenated alkanes) is 3. The summed E-state index contributed by atoms with van der Waals surface area (Å²) in [6.45, 7) is 3.37. The lowest BCUT2D eigenvalue weighted by Crippen LogP contribution is -2.19. The van der Waals surface area contributed by atoms with E-state index >= 15 is 0 Å². The zero-order valence-corrected chi connectivity index (χ0v) is 10.5. The van der Waals surface area contributed by atoms with Crippen molar-refractivity contribution in [3.8, 4) is 5.75 Å². The second kappa shape index (κ2) is 8.09. The van der Waals surface area contributed by atoms with Gasteiger partial charge >= 0.3 is 0 Å². The first-order valence-electron chi connectivity index (χ1n) is 6.37. The van der Waals surface area contributed by atoms with Gasteiger partial charge in [-0.15, -0.1) is 0 Å². The molecule has 0 aliphatic carbocycles. The number of benzene rings is 1. The molecular weight excluding hydrogens is 214 g/mol. The van der Waals surface area contributed by atoms with Gasteiger partial charge in [0.15, 0.2) is 0 Å².